The highest BCUT2D eigenvalue weighted by atomic mass is 32.2. The smallest absolute Gasteiger partial charge is 0.248 e. The normalized spacial score (nSPS) is 10.3. The largest absolute Gasteiger partial charge is 0.329 e. The van der Waals surface area contributed by atoms with Crippen molar-refractivity contribution >= 4 is 51.5 Å². The van der Waals surface area contributed by atoms with Crippen LogP contribution in [0.3, 0.4) is 0 Å². The summed E-state index contributed by atoms with van der Waals surface area (Å²) in [5.41, 5.74) is 5.30. The fourth-order valence-corrected chi connectivity index (χ4v) is 3.19. The van der Waals surface area contributed by atoms with Crippen LogP contribution >= 0.6 is 24.0 Å². The summed E-state index contributed by atoms with van der Waals surface area (Å²) in [6, 6.07) is 20.3. The number of thioether (sulfide) groups is 1. The van der Waals surface area contributed by atoms with Gasteiger partial charge in [0, 0.05) is 4.90 Å². The van der Waals surface area contributed by atoms with Crippen molar-refractivity contribution < 1.29 is 9.18 Å². The number of hydrogen-bond donors (Lipinski definition) is 3. The van der Waals surface area contributed by atoms with Gasteiger partial charge in [-0.05, 0) is 47.3 Å². The van der Waals surface area contributed by atoms with Crippen molar-refractivity contribution in [2.24, 2.45) is 0 Å². The molecule has 0 aliphatic heterocycles. The Labute approximate surface area is 160 Å². The second-order valence-corrected chi connectivity index (χ2v) is 6.86. The van der Waals surface area contributed by atoms with Crippen LogP contribution in [0.15, 0.2) is 71.6 Å². The monoisotopic (exact) mass is 385 g/mol. The summed E-state index contributed by atoms with van der Waals surface area (Å²) in [6.07, 6.45) is 0. The predicted octanol–water partition coefficient (Wildman–Crippen LogP) is 4.09. The van der Waals surface area contributed by atoms with Gasteiger partial charge in [0.2, 0.25) is 5.91 Å². The molecule has 1 amide bonds. The summed E-state index contributed by atoms with van der Waals surface area (Å²) in [5, 5.41) is 5.08. The molecule has 3 N–H and O–H groups in total. The summed E-state index contributed by atoms with van der Waals surface area (Å²) in [4.78, 5) is 13.0. The topological polar surface area (TPSA) is 53.2 Å². The lowest BCUT2D eigenvalue weighted by Gasteiger charge is -2.12. The predicted molar refractivity (Wildman–Crippen MR) is 109 cm³/mol. The van der Waals surface area contributed by atoms with Crippen LogP contribution in [0.1, 0.15) is 0 Å². The lowest BCUT2D eigenvalue weighted by Crippen LogP contribution is -2.44. The van der Waals surface area contributed by atoms with Crippen molar-refractivity contribution in [3.63, 3.8) is 0 Å². The molecule has 0 aromatic heterocycles. The zero-order chi connectivity index (χ0) is 18.4. The Morgan fingerprint density at radius 1 is 0.962 bits per heavy atom. The maximum atomic E-state index is 13.5. The molecule has 0 spiro atoms. The summed E-state index contributed by atoms with van der Waals surface area (Å²) in [7, 11) is 0. The molecule has 0 aliphatic rings. The molecule has 0 saturated carbocycles. The van der Waals surface area contributed by atoms with E-state index in [0.29, 0.717) is 0 Å². The van der Waals surface area contributed by atoms with Gasteiger partial charge in [0.15, 0.2) is 5.11 Å². The molecule has 0 unspecified atom stereocenters. The van der Waals surface area contributed by atoms with Crippen molar-refractivity contribution in [2.45, 2.75) is 4.90 Å². The summed E-state index contributed by atoms with van der Waals surface area (Å²) >= 11 is 6.46. The summed E-state index contributed by atoms with van der Waals surface area (Å²) in [6.45, 7) is 0. The van der Waals surface area contributed by atoms with Gasteiger partial charge in [-0.1, -0.05) is 42.5 Å². The number of fused-ring (bicyclic) bond motifs is 1. The highest BCUT2D eigenvalue weighted by Crippen LogP contribution is 2.23. The summed E-state index contributed by atoms with van der Waals surface area (Å²) in [5.74, 6) is -0.427. The van der Waals surface area contributed by atoms with Crippen molar-refractivity contribution in [3.8, 4) is 0 Å². The summed E-state index contributed by atoms with van der Waals surface area (Å²) < 4.78 is 13.5. The fraction of sp³-hybridized carbons (Fsp3) is 0.0526. The second-order valence-electron chi connectivity index (χ2n) is 5.40. The molecule has 0 saturated heterocycles. The number of carbonyl (C=O) groups is 1. The number of hydrazine groups is 1. The molecule has 3 aromatic rings. The minimum absolute atomic E-state index is 0.110. The molecule has 0 aliphatic carbocycles. The number of hydrogen-bond acceptors (Lipinski definition) is 3. The fourth-order valence-electron chi connectivity index (χ4n) is 2.28. The van der Waals surface area contributed by atoms with Crippen LogP contribution in [-0.4, -0.2) is 16.8 Å². The zero-order valence-corrected chi connectivity index (χ0v) is 15.3. The lowest BCUT2D eigenvalue weighted by atomic mass is 10.1. The van der Waals surface area contributed by atoms with E-state index in [1.807, 2.05) is 42.5 Å². The zero-order valence-electron chi connectivity index (χ0n) is 13.7. The molecule has 0 radical (unpaired) electrons. The van der Waals surface area contributed by atoms with Crippen molar-refractivity contribution in [1.29, 1.82) is 0 Å². The third-order valence-electron chi connectivity index (χ3n) is 3.53. The van der Waals surface area contributed by atoms with E-state index in [1.54, 1.807) is 18.2 Å². The van der Waals surface area contributed by atoms with Crippen LogP contribution in [0.5, 0.6) is 0 Å². The van der Waals surface area contributed by atoms with E-state index in [1.165, 1.54) is 17.8 Å². The van der Waals surface area contributed by atoms with Gasteiger partial charge in [0.1, 0.15) is 5.82 Å². The number of nitrogens with one attached hydrogen (secondary N) is 3. The maximum Gasteiger partial charge on any atom is 0.248 e. The molecule has 0 fully saturated rings. The average Bonchev–Trinajstić information content (AvgIpc) is 2.66. The van der Waals surface area contributed by atoms with E-state index in [4.69, 9.17) is 12.2 Å². The number of thiocarbonyl (C=S) groups is 1. The van der Waals surface area contributed by atoms with Crippen molar-refractivity contribution in [3.05, 3.63) is 72.5 Å². The quantitative estimate of drug-likeness (QED) is 0.359. The second kappa shape index (κ2) is 8.64. The van der Waals surface area contributed by atoms with Gasteiger partial charge in [0.25, 0.3) is 0 Å². The van der Waals surface area contributed by atoms with E-state index in [0.717, 1.165) is 15.7 Å². The van der Waals surface area contributed by atoms with Crippen molar-refractivity contribution in [2.75, 3.05) is 11.1 Å². The first-order valence-electron chi connectivity index (χ1n) is 7.84. The number of carbonyl (C=O) groups excluding carboxylic acids is 1. The standard InChI is InChI=1S/C19H16FN3OS2/c20-16-7-3-4-8-17(16)21-19(25)23-22-18(24)12-26-15-10-9-13-5-1-2-6-14(13)11-15/h1-11H,12H2,(H,22,24)(H2,21,23,25). The number of anilines is 1. The van der Waals surface area contributed by atoms with Crippen LogP contribution in [0.4, 0.5) is 10.1 Å². The lowest BCUT2D eigenvalue weighted by molar-refractivity contribution is -0.119. The van der Waals surface area contributed by atoms with Crippen LogP contribution in [-0.2, 0) is 4.79 Å². The molecule has 132 valence electrons. The molecule has 4 nitrogen and oxygen atoms in total. The number of amides is 1. The van der Waals surface area contributed by atoms with E-state index in [9.17, 15) is 9.18 Å². The molecule has 0 atom stereocenters. The van der Waals surface area contributed by atoms with Gasteiger partial charge in [-0.25, -0.2) is 4.39 Å². The van der Waals surface area contributed by atoms with E-state index < -0.39 is 5.82 Å². The van der Waals surface area contributed by atoms with Gasteiger partial charge in [-0.15, -0.1) is 11.8 Å². The van der Waals surface area contributed by atoms with Crippen LogP contribution in [0.2, 0.25) is 0 Å². The Hall–Kier alpha value is -2.64. The number of halogens is 1. The van der Waals surface area contributed by atoms with Gasteiger partial charge in [0.05, 0.1) is 11.4 Å². The van der Waals surface area contributed by atoms with Crippen LogP contribution in [0, 0.1) is 5.82 Å². The molecular formula is C19H16FN3OS2. The van der Waals surface area contributed by atoms with Crippen molar-refractivity contribution in [1.82, 2.24) is 10.9 Å². The molecule has 3 rings (SSSR count). The van der Waals surface area contributed by atoms with Gasteiger partial charge < -0.3 is 5.32 Å². The van der Waals surface area contributed by atoms with E-state index in [-0.39, 0.29) is 22.5 Å². The van der Waals surface area contributed by atoms with Crippen LogP contribution in [0.25, 0.3) is 10.8 Å². The first-order chi connectivity index (χ1) is 12.6. The van der Waals surface area contributed by atoms with Gasteiger partial charge in [-0.3, -0.25) is 15.6 Å². The van der Waals surface area contributed by atoms with Crippen LogP contribution < -0.4 is 16.2 Å². The third kappa shape index (κ3) is 4.93. The van der Waals surface area contributed by atoms with E-state index in [2.05, 4.69) is 16.2 Å². The minimum atomic E-state index is -0.421. The maximum absolute atomic E-state index is 13.5. The molecule has 26 heavy (non-hydrogen) atoms. The molecule has 0 bridgehead atoms. The van der Waals surface area contributed by atoms with Gasteiger partial charge in [-0.2, -0.15) is 0 Å². The highest BCUT2D eigenvalue weighted by Gasteiger charge is 2.06. The first-order valence-corrected chi connectivity index (χ1v) is 9.23. The Kier molecular flexibility index (Phi) is 6.04. The molecular weight excluding hydrogens is 369 g/mol. The number of para-hydroxylation sites is 1. The SMILES string of the molecule is O=C(CSc1ccc2ccccc2c1)NNC(=S)Nc1ccccc1F. The average molecular weight is 385 g/mol. The molecule has 7 heteroatoms. The molecule has 3 aromatic carbocycles. The first kappa shape index (κ1) is 18.2. The number of rotatable bonds is 4. The third-order valence-corrected chi connectivity index (χ3v) is 4.73. The Morgan fingerprint density at radius 2 is 1.69 bits per heavy atom. The highest BCUT2D eigenvalue weighted by molar-refractivity contribution is 8.00. The minimum Gasteiger partial charge on any atom is -0.329 e. The Bertz CT molecular complexity index is 949. The molecule has 0 heterocycles. The van der Waals surface area contributed by atoms with E-state index >= 15 is 0 Å². The number of benzene rings is 3. The Morgan fingerprint density at radius 3 is 2.50 bits per heavy atom. The Balaban J connectivity index is 1.46. The van der Waals surface area contributed by atoms with Gasteiger partial charge >= 0.3 is 0 Å².